The second-order valence-electron chi connectivity index (χ2n) is 7.47. The predicted octanol–water partition coefficient (Wildman–Crippen LogP) is 4.02. The van der Waals surface area contributed by atoms with E-state index in [9.17, 15) is 18.0 Å². The number of alkyl halides is 3. The van der Waals surface area contributed by atoms with Gasteiger partial charge in [0.05, 0.1) is 12.1 Å². The van der Waals surface area contributed by atoms with E-state index in [2.05, 4.69) is 15.0 Å². The molecule has 1 aliphatic rings. The molecule has 1 amide bonds. The van der Waals surface area contributed by atoms with Gasteiger partial charge in [0.25, 0.3) is 5.91 Å². The zero-order chi connectivity index (χ0) is 22.0. The summed E-state index contributed by atoms with van der Waals surface area (Å²) in [5.74, 6) is 0.776. The molecule has 0 N–H and O–H groups in total. The maximum Gasteiger partial charge on any atom is 0.416 e. The summed E-state index contributed by atoms with van der Waals surface area (Å²) in [4.78, 5) is 20.8. The van der Waals surface area contributed by atoms with Gasteiger partial charge in [-0.3, -0.25) is 9.69 Å². The summed E-state index contributed by atoms with van der Waals surface area (Å²) in [6, 6.07) is 12.1. The summed E-state index contributed by atoms with van der Waals surface area (Å²) >= 11 is 0. The number of hydrogen-bond acceptors (Lipinski definition) is 5. The lowest BCUT2D eigenvalue weighted by Crippen LogP contribution is -2.48. The second-order valence-corrected chi connectivity index (χ2v) is 7.47. The third-order valence-electron chi connectivity index (χ3n) is 5.33. The van der Waals surface area contributed by atoms with Crippen molar-refractivity contribution < 1.29 is 22.5 Å². The molecule has 1 aromatic heterocycles. The Hall–Kier alpha value is -3.20. The van der Waals surface area contributed by atoms with E-state index < -0.39 is 11.7 Å². The van der Waals surface area contributed by atoms with Crippen LogP contribution in [0.3, 0.4) is 0 Å². The summed E-state index contributed by atoms with van der Waals surface area (Å²) in [5, 5.41) is 4.06. The van der Waals surface area contributed by atoms with Crippen LogP contribution in [0, 0.1) is 6.92 Å². The largest absolute Gasteiger partial charge is 0.416 e. The van der Waals surface area contributed by atoms with E-state index in [-0.39, 0.29) is 11.5 Å². The minimum absolute atomic E-state index is 0.251. The van der Waals surface area contributed by atoms with Crippen LogP contribution in [-0.4, -0.2) is 52.0 Å². The van der Waals surface area contributed by atoms with E-state index in [0.29, 0.717) is 44.4 Å². The lowest BCUT2D eigenvalue weighted by Gasteiger charge is -2.34. The molecular formula is C22H21F3N4O2. The smallest absolute Gasteiger partial charge is 0.338 e. The van der Waals surface area contributed by atoms with Gasteiger partial charge in [0.2, 0.25) is 11.7 Å². The monoisotopic (exact) mass is 430 g/mol. The number of aryl methyl sites for hydroxylation is 1. The lowest BCUT2D eigenvalue weighted by atomic mass is 10.1. The van der Waals surface area contributed by atoms with Crippen LogP contribution in [0.5, 0.6) is 0 Å². The van der Waals surface area contributed by atoms with Crippen molar-refractivity contribution in [2.24, 2.45) is 0 Å². The molecule has 2 aromatic carbocycles. The van der Waals surface area contributed by atoms with Gasteiger partial charge in [-0.05, 0) is 36.8 Å². The maximum atomic E-state index is 12.7. The summed E-state index contributed by atoms with van der Waals surface area (Å²) < 4.78 is 43.5. The highest BCUT2D eigenvalue weighted by atomic mass is 19.4. The molecule has 0 radical (unpaired) electrons. The standard InChI is InChI=1S/C22H21F3N4O2/c1-15-4-2-3-5-18(15)20-26-19(31-27-20)14-28-10-12-29(13-11-28)21(30)16-6-8-17(9-7-16)22(23,24)25/h2-9H,10-14H2,1H3. The SMILES string of the molecule is Cc1ccccc1-c1noc(CN2CCN(C(=O)c3ccc(C(F)(F)F)cc3)CC2)n1. The Bertz CT molecular complexity index is 1060. The van der Waals surface area contributed by atoms with Crippen molar-refractivity contribution in [3.63, 3.8) is 0 Å². The van der Waals surface area contributed by atoms with E-state index in [1.54, 1.807) is 4.90 Å². The molecule has 4 rings (SSSR count). The molecule has 0 spiro atoms. The van der Waals surface area contributed by atoms with Gasteiger partial charge in [0, 0.05) is 37.3 Å². The van der Waals surface area contributed by atoms with Gasteiger partial charge >= 0.3 is 6.18 Å². The fourth-order valence-corrected chi connectivity index (χ4v) is 3.54. The molecule has 0 atom stereocenters. The molecule has 6 nitrogen and oxygen atoms in total. The van der Waals surface area contributed by atoms with E-state index in [1.807, 2.05) is 31.2 Å². The summed E-state index contributed by atoms with van der Waals surface area (Å²) in [5.41, 5.74) is 1.47. The summed E-state index contributed by atoms with van der Waals surface area (Å²) in [7, 11) is 0. The minimum Gasteiger partial charge on any atom is -0.338 e. The van der Waals surface area contributed by atoms with Gasteiger partial charge in [-0.15, -0.1) is 0 Å². The van der Waals surface area contributed by atoms with Crippen LogP contribution >= 0.6 is 0 Å². The van der Waals surface area contributed by atoms with Gasteiger partial charge < -0.3 is 9.42 Å². The van der Waals surface area contributed by atoms with Gasteiger partial charge in [0.15, 0.2) is 0 Å². The van der Waals surface area contributed by atoms with E-state index >= 15 is 0 Å². The molecule has 0 saturated carbocycles. The number of halogens is 3. The summed E-state index contributed by atoms with van der Waals surface area (Å²) in [6.45, 7) is 4.61. The Labute approximate surface area is 177 Å². The van der Waals surface area contributed by atoms with E-state index in [0.717, 1.165) is 23.3 Å². The molecule has 1 fully saturated rings. The fraction of sp³-hybridized carbons (Fsp3) is 0.318. The summed E-state index contributed by atoms with van der Waals surface area (Å²) in [6.07, 6.45) is -4.42. The Morgan fingerprint density at radius 3 is 2.35 bits per heavy atom. The number of nitrogens with zero attached hydrogens (tertiary/aromatic N) is 4. The van der Waals surface area contributed by atoms with Crippen molar-refractivity contribution in [3.8, 4) is 11.4 Å². The number of rotatable bonds is 4. The molecular weight excluding hydrogens is 409 g/mol. The zero-order valence-corrected chi connectivity index (χ0v) is 16.9. The van der Waals surface area contributed by atoms with Crippen LogP contribution in [0.1, 0.15) is 27.4 Å². The van der Waals surface area contributed by atoms with Crippen LogP contribution in [0.15, 0.2) is 53.1 Å². The molecule has 3 aromatic rings. The van der Waals surface area contributed by atoms with Crippen molar-refractivity contribution in [3.05, 3.63) is 71.1 Å². The average molecular weight is 430 g/mol. The second kappa shape index (κ2) is 8.50. The van der Waals surface area contributed by atoms with Crippen molar-refractivity contribution in [2.75, 3.05) is 26.2 Å². The molecule has 1 aliphatic heterocycles. The quantitative estimate of drug-likeness (QED) is 0.626. The Morgan fingerprint density at radius 1 is 1.03 bits per heavy atom. The van der Waals surface area contributed by atoms with Gasteiger partial charge in [-0.2, -0.15) is 18.2 Å². The lowest BCUT2D eigenvalue weighted by molar-refractivity contribution is -0.137. The van der Waals surface area contributed by atoms with Gasteiger partial charge in [-0.25, -0.2) is 0 Å². The topological polar surface area (TPSA) is 62.5 Å². The first-order valence-corrected chi connectivity index (χ1v) is 9.89. The van der Waals surface area contributed by atoms with Crippen LogP contribution in [0.25, 0.3) is 11.4 Å². The van der Waals surface area contributed by atoms with Crippen molar-refractivity contribution in [1.29, 1.82) is 0 Å². The first-order chi connectivity index (χ1) is 14.8. The normalized spacial score (nSPS) is 15.3. The number of benzene rings is 2. The zero-order valence-electron chi connectivity index (χ0n) is 16.9. The molecule has 1 saturated heterocycles. The fourth-order valence-electron chi connectivity index (χ4n) is 3.54. The van der Waals surface area contributed by atoms with Crippen LogP contribution in [0.2, 0.25) is 0 Å². The van der Waals surface area contributed by atoms with Crippen LogP contribution < -0.4 is 0 Å². The van der Waals surface area contributed by atoms with Crippen molar-refractivity contribution in [2.45, 2.75) is 19.6 Å². The number of carbonyl (C=O) groups is 1. The minimum atomic E-state index is -4.42. The van der Waals surface area contributed by atoms with E-state index in [1.165, 1.54) is 12.1 Å². The van der Waals surface area contributed by atoms with E-state index in [4.69, 9.17) is 4.52 Å². The van der Waals surface area contributed by atoms with Gasteiger partial charge in [-0.1, -0.05) is 29.4 Å². The highest BCUT2D eigenvalue weighted by Crippen LogP contribution is 2.29. The van der Waals surface area contributed by atoms with Crippen LogP contribution in [-0.2, 0) is 12.7 Å². The molecule has 162 valence electrons. The predicted molar refractivity (Wildman–Crippen MR) is 107 cm³/mol. The molecule has 0 unspecified atom stereocenters. The van der Waals surface area contributed by atoms with Crippen molar-refractivity contribution in [1.82, 2.24) is 19.9 Å². The number of amides is 1. The molecule has 31 heavy (non-hydrogen) atoms. The molecule has 0 bridgehead atoms. The Morgan fingerprint density at radius 2 is 1.71 bits per heavy atom. The number of hydrogen-bond donors (Lipinski definition) is 0. The highest BCUT2D eigenvalue weighted by Gasteiger charge is 2.31. The number of aromatic nitrogens is 2. The third-order valence-corrected chi connectivity index (χ3v) is 5.33. The van der Waals surface area contributed by atoms with Gasteiger partial charge in [0.1, 0.15) is 0 Å². The first-order valence-electron chi connectivity index (χ1n) is 9.89. The first kappa shape index (κ1) is 21.0. The Kier molecular flexibility index (Phi) is 5.77. The number of carbonyl (C=O) groups excluding carboxylic acids is 1. The number of piperazine rings is 1. The maximum absolute atomic E-state index is 12.7. The van der Waals surface area contributed by atoms with Crippen LogP contribution in [0.4, 0.5) is 13.2 Å². The highest BCUT2D eigenvalue weighted by molar-refractivity contribution is 5.94. The molecule has 2 heterocycles. The van der Waals surface area contributed by atoms with Crippen molar-refractivity contribution >= 4 is 5.91 Å². The third kappa shape index (κ3) is 4.77. The molecule has 9 heteroatoms. The average Bonchev–Trinajstić information content (AvgIpc) is 3.22. The Balaban J connectivity index is 1.33. The molecule has 0 aliphatic carbocycles.